The molecule has 0 radical (unpaired) electrons. The minimum absolute atomic E-state index is 0.569. The summed E-state index contributed by atoms with van der Waals surface area (Å²) < 4.78 is 2.25. The molecule has 1 fully saturated rings. The van der Waals surface area contributed by atoms with Crippen molar-refractivity contribution >= 4 is 5.95 Å². The first-order chi connectivity index (χ1) is 9.20. The fourth-order valence-corrected chi connectivity index (χ4v) is 2.53. The van der Waals surface area contributed by atoms with Crippen molar-refractivity contribution in [3.8, 4) is 0 Å². The Morgan fingerprint density at radius 3 is 3.00 bits per heavy atom. The summed E-state index contributed by atoms with van der Waals surface area (Å²) in [5, 5.41) is 3.43. The average molecular weight is 265 g/mol. The molecule has 0 spiro atoms. The maximum absolute atomic E-state index is 4.42. The van der Waals surface area contributed by atoms with E-state index in [-0.39, 0.29) is 0 Å². The van der Waals surface area contributed by atoms with Crippen LogP contribution in [0, 0.1) is 0 Å². The van der Waals surface area contributed by atoms with Gasteiger partial charge in [-0.25, -0.2) is 4.98 Å². The fraction of sp³-hybridized carbons (Fsp3) is 0.786. The number of aromatic nitrogens is 2. The molecule has 1 aromatic rings. The summed E-state index contributed by atoms with van der Waals surface area (Å²) in [6.45, 7) is 7.67. The Balaban J connectivity index is 1.92. The first-order valence-corrected chi connectivity index (χ1v) is 7.34. The second-order valence-corrected chi connectivity index (χ2v) is 5.58. The maximum atomic E-state index is 4.42. The number of hydrogen-bond acceptors (Lipinski definition) is 4. The van der Waals surface area contributed by atoms with E-state index in [4.69, 9.17) is 0 Å². The van der Waals surface area contributed by atoms with Crippen LogP contribution >= 0.6 is 0 Å². The third-order valence-electron chi connectivity index (χ3n) is 3.92. The van der Waals surface area contributed by atoms with Crippen LogP contribution in [-0.2, 0) is 6.54 Å². The molecule has 0 aliphatic carbocycles. The molecule has 0 amide bonds. The van der Waals surface area contributed by atoms with Crippen LogP contribution in [0.1, 0.15) is 19.8 Å². The first kappa shape index (κ1) is 14.3. The molecule has 5 nitrogen and oxygen atoms in total. The summed E-state index contributed by atoms with van der Waals surface area (Å²) in [5.74, 6) is 1.01. The van der Waals surface area contributed by atoms with Gasteiger partial charge in [-0.1, -0.05) is 13.3 Å². The summed E-state index contributed by atoms with van der Waals surface area (Å²) in [5.41, 5.74) is 0. The number of hydrogen-bond donors (Lipinski definition) is 1. The normalized spacial score (nSPS) is 21.7. The number of nitrogens with one attached hydrogen (secondary N) is 1. The quantitative estimate of drug-likeness (QED) is 0.788. The summed E-state index contributed by atoms with van der Waals surface area (Å²) in [6.07, 6.45) is 6.38. The van der Waals surface area contributed by atoms with E-state index in [9.17, 15) is 0 Å². The maximum Gasteiger partial charge on any atom is 0.202 e. The second kappa shape index (κ2) is 6.91. The van der Waals surface area contributed by atoms with Crippen LogP contribution in [0.25, 0.3) is 0 Å². The van der Waals surface area contributed by atoms with Gasteiger partial charge in [0.2, 0.25) is 5.95 Å². The molecule has 108 valence electrons. The van der Waals surface area contributed by atoms with Crippen LogP contribution in [0.3, 0.4) is 0 Å². The van der Waals surface area contributed by atoms with Crippen molar-refractivity contribution in [3.05, 3.63) is 12.4 Å². The van der Waals surface area contributed by atoms with E-state index in [2.05, 4.69) is 51.9 Å². The second-order valence-electron chi connectivity index (χ2n) is 5.58. The molecule has 1 saturated heterocycles. The van der Waals surface area contributed by atoms with Crippen LogP contribution in [-0.4, -0.2) is 65.7 Å². The SMILES string of the molecule is CCCCNc1nccn1CC1CN(C)CCN1C. The standard InChI is InChI=1S/C14H27N5/c1-4-5-6-15-14-16-7-8-19(14)12-13-11-17(2)9-10-18(13)3/h7-8,13H,4-6,9-12H2,1-3H3,(H,15,16). The zero-order valence-electron chi connectivity index (χ0n) is 12.5. The number of rotatable bonds is 6. The predicted molar refractivity (Wildman–Crippen MR) is 79.5 cm³/mol. The molecule has 0 saturated carbocycles. The van der Waals surface area contributed by atoms with Crippen LogP contribution in [0.4, 0.5) is 5.95 Å². The number of nitrogens with zero attached hydrogens (tertiary/aromatic N) is 4. The third-order valence-corrected chi connectivity index (χ3v) is 3.92. The molecule has 1 atom stereocenters. The Labute approximate surface area is 116 Å². The molecule has 2 rings (SSSR count). The summed E-state index contributed by atoms with van der Waals surface area (Å²) in [4.78, 5) is 9.28. The minimum Gasteiger partial charge on any atom is -0.356 e. The molecular weight excluding hydrogens is 238 g/mol. The van der Waals surface area contributed by atoms with Gasteiger partial charge in [-0.3, -0.25) is 4.90 Å². The van der Waals surface area contributed by atoms with Gasteiger partial charge in [-0.15, -0.1) is 0 Å². The van der Waals surface area contributed by atoms with Crippen molar-refractivity contribution in [2.24, 2.45) is 0 Å². The zero-order chi connectivity index (χ0) is 13.7. The zero-order valence-corrected chi connectivity index (χ0v) is 12.5. The molecule has 1 aliphatic heterocycles. The fourth-order valence-electron chi connectivity index (χ4n) is 2.53. The van der Waals surface area contributed by atoms with Gasteiger partial charge in [-0.05, 0) is 20.5 Å². The summed E-state index contributed by atoms with van der Waals surface area (Å²) >= 11 is 0. The lowest BCUT2D eigenvalue weighted by molar-refractivity contribution is 0.103. The van der Waals surface area contributed by atoms with Crippen molar-refractivity contribution < 1.29 is 0 Å². The molecule has 19 heavy (non-hydrogen) atoms. The van der Waals surface area contributed by atoms with E-state index >= 15 is 0 Å². The smallest absolute Gasteiger partial charge is 0.202 e. The Hall–Kier alpha value is -1.07. The highest BCUT2D eigenvalue weighted by Crippen LogP contribution is 2.12. The highest BCUT2D eigenvalue weighted by atomic mass is 15.3. The molecule has 1 aromatic heterocycles. The first-order valence-electron chi connectivity index (χ1n) is 7.34. The van der Waals surface area contributed by atoms with Crippen LogP contribution in [0.15, 0.2) is 12.4 Å². The number of anilines is 1. The Bertz CT molecular complexity index is 376. The highest BCUT2D eigenvalue weighted by Gasteiger charge is 2.22. The Morgan fingerprint density at radius 1 is 1.37 bits per heavy atom. The lowest BCUT2D eigenvalue weighted by Gasteiger charge is -2.38. The van der Waals surface area contributed by atoms with Gasteiger partial charge in [0, 0.05) is 51.2 Å². The van der Waals surface area contributed by atoms with E-state index in [1.165, 1.54) is 19.4 Å². The molecule has 5 heteroatoms. The van der Waals surface area contributed by atoms with E-state index in [1.807, 2.05) is 6.20 Å². The molecule has 1 aliphatic rings. The number of piperazine rings is 1. The van der Waals surface area contributed by atoms with E-state index < -0.39 is 0 Å². The van der Waals surface area contributed by atoms with Gasteiger partial charge in [0.05, 0.1) is 0 Å². The van der Waals surface area contributed by atoms with Crippen LogP contribution < -0.4 is 5.32 Å². The Morgan fingerprint density at radius 2 is 2.21 bits per heavy atom. The van der Waals surface area contributed by atoms with Crippen molar-refractivity contribution in [1.82, 2.24) is 19.4 Å². The molecule has 0 bridgehead atoms. The summed E-state index contributed by atoms with van der Waals surface area (Å²) in [7, 11) is 4.42. The molecule has 0 aromatic carbocycles. The van der Waals surface area contributed by atoms with Gasteiger partial charge < -0.3 is 14.8 Å². The summed E-state index contributed by atoms with van der Waals surface area (Å²) in [6, 6.07) is 0.569. The van der Waals surface area contributed by atoms with Gasteiger partial charge in [0.25, 0.3) is 0 Å². The molecule has 1 N–H and O–H groups in total. The van der Waals surface area contributed by atoms with Gasteiger partial charge in [-0.2, -0.15) is 0 Å². The van der Waals surface area contributed by atoms with Crippen LogP contribution in [0.2, 0.25) is 0 Å². The lowest BCUT2D eigenvalue weighted by Crippen LogP contribution is -2.51. The van der Waals surface area contributed by atoms with Crippen molar-refractivity contribution in [2.75, 3.05) is 45.6 Å². The Kier molecular flexibility index (Phi) is 5.22. The number of unbranched alkanes of at least 4 members (excludes halogenated alkanes) is 1. The topological polar surface area (TPSA) is 36.3 Å². The lowest BCUT2D eigenvalue weighted by atomic mass is 10.2. The van der Waals surface area contributed by atoms with Gasteiger partial charge in [0.15, 0.2) is 0 Å². The minimum atomic E-state index is 0.569. The van der Waals surface area contributed by atoms with E-state index in [1.54, 1.807) is 0 Å². The largest absolute Gasteiger partial charge is 0.356 e. The number of likely N-dealkylation sites (N-methyl/N-ethyl adjacent to an activating group) is 2. The van der Waals surface area contributed by atoms with Gasteiger partial charge >= 0.3 is 0 Å². The molecule has 2 heterocycles. The highest BCUT2D eigenvalue weighted by molar-refractivity contribution is 5.25. The monoisotopic (exact) mass is 265 g/mol. The van der Waals surface area contributed by atoms with E-state index in [0.29, 0.717) is 6.04 Å². The molecular formula is C14H27N5. The van der Waals surface area contributed by atoms with Crippen molar-refractivity contribution in [2.45, 2.75) is 32.4 Å². The van der Waals surface area contributed by atoms with Crippen LogP contribution in [0.5, 0.6) is 0 Å². The average Bonchev–Trinajstić information content (AvgIpc) is 2.82. The van der Waals surface area contributed by atoms with E-state index in [0.717, 1.165) is 32.1 Å². The van der Waals surface area contributed by atoms with Crippen molar-refractivity contribution in [1.29, 1.82) is 0 Å². The third kappa shape index (κ3) is 3.94. The number of imidazole rings is 1. The molecule has 1 unspecified atom stereocenters. The van der Waals surface area contributed by atoms with Gasteiger partial charge in [0.1, 0.15) is 0 Å². The van der Waals surface area contributed by atoms with Crippen molar-refractivity contribution in [3.63, 3.8) is 0 Å². The predicted octanol–water partition coefficient (Wildman–Crippen LogP) is 1.34.